The minimum atomic E-state index is -0.508. The Balaban J connectivity index is 2.78. The van der Waals surface area contributed by atoms with Gasteiger partial charge in [-0.15, -0.1) is 0 Å². The molecule has 0 amide bonds. The molecule has 0 aliphatic carbocycles. The van der Waals surface area contributed by atoms with Crippen molar-refractivity contribution in [3.05, 3.63) is 44.9 Å². The minimum absolute atomic E-state index is 0.0975. The third-order valence-corrected chi connectivity index (χ3v) is 2.45. The van der Waals surface area contributed by atoms with E-state index in [2.05, 4.69) is 9.97 Å². The average Bonchev–Trinajstić information content (AvgIpc) is 2.30. The number of aromatic hydroxyl groups is 1. The van der Waals surface area contributed by atoms with Gasteiger partial charge in [0.25, 0.3) is 5.56 Å². The van der Waals surface area contributed by atoms with Crippen molar-refractivity contribution in [1.29, 1.82) is 0 Å². The Morgan fingerprint density at radius 2 is 2.06 bits per heavy atom. The van der Waals surface area contributed by atoms with E-state index >= 15 is 0 Å². The van der Waals surface area contributed by atoms with Gasteiger partial charge in [0, 0.05) is 18.9 Å². The van der Waals surface area contributed by atoms with Gasteiger partial charge in [-0.1, -0.05) is 0 Å². The van der Waals surface area contributed by atoms with Gasteiger partial charge in [0.15, 0.2) is 0 Å². The van der Waals surface area contributed by atoms with E-state index < -0.39 is 11.2 Å². The van der Waals surface area contributed by atoms with Gasteiger partial charge < -0.3 is 10.1 Å². The molecule has 0 saturated heterocycles. The van der Waals surface area contributed by atoms with Gasteiger partial charge in [-0.25, -0.2) is 9.78 Å². The minimum Gasteiger partial charge on any atom is -0.506 e. The van der Waals surface area contributed by atoms with Crippen molar-refractivity contribution >= 4 is 0 Å². The summed E-state index contributed by atoms with van der Waals surface area (Å²) in [5.74, 6) is -0.0975. The first-order valence-corrected chi connectivity index (χ1v) is 4.96. The number of hydrogen-bond donors (Lipinski definition) is 2. The van der Waals surface area contributed by atoms with Crippen molar-refractivity contribution in [2.45, 2.75) is 6.92 Å². The highest BCUT2D eigenvalue weighted by Gasteiger charge is 2.12. The predicted octanol–water partition coefficient (Wildman–Crippen LogP) is 0.150. The summed E-state index contributed by atoms with van der Waals surface area (Å²) in [5.41, 5.74) is -0.00533. The van der Waals surface area contributed by atoms with Crippen LogP contribution in [0.25, 0.3) is 11.3 Å². The molecule has 2 heterocycles. The van der Waals surface area contributed by atoms with E-state index in [1.807, 2.05) is 0 Å². The first-order valence-electron chi connectivity index (χ1n) is 4.96. The van der Waals surface area contributed by atoms with Crippen molar-refractivity contribution in [3.63, 3.8) is 0 Å². The summed E-state index contributed by atoms with van der Waals surface area (Å²) in [6.45, 7) is 1.75. The molecule has 0 bridgehead atoms. The van der Waals surface area contributed by atoms with Crippen molar-refractivity contribution in [2.24, 2.45) is 7.05 Å². The standard InChI is InChI=1S/C11H11N3O3/c1-6-3-4-8(15)9(13-6)7-5-12-11(17)14(2)10(7)16/h3-5,15H,1-2H3,(H,12,17). The normalized spacial score (nSPS) is 10.5. The molecule has 0 aliphatic rings. The van der Waals surface area contributed by atoms with Gasteiger partial charge in [0.05, 0.1) is 5.56 Å². The Bertz CT molecular complexity index is 685. The maximum atomic E-state index is 11.8. The fourth-order valence-corrected chi connectivity index (χ4v) is 1.48. The molecule has 0 atom stereocenters. The fraction of sp³-hybridized carbons (Fsp3) is 0.182. The fourth-order valence-electron chi connectivity index (χ4n) is 1.48. The summed E-state index contributed by atoms with van der Waals surface area (Å²) in [6.07, 6.45) is 1.26. The Kier molecular flexibility index (Phi) is 2.55. The van der Waals surface area contributed by atoms with Crippen LogP contribution >= 0.6 is 0 Å². The molecule has 0 spiro atoms. The third-order valence-electron chi connectivity index (χ3n) is 2.45. The van der Waals surface area contributed by atoms with Crippen molar-refractivity contribution in [1.82, 2.24) is 14.5 Å². The maximum absolute atomic E-state index is 11.8. The predicted molar refractivity (Wildman–Crippen MR) is 61.9 cm³/mol. The Morgan fingerprint density at radius 3 is 2.76 bits per heavy atom. The second-order valence-corrected chi connectivity index (χ2v) is 3.69. The van der Waals surface area contributed by atoms with Gasteiger partial charge in [-0.2, -0.15) is 0 Å². The van der Waals surface area contributed by atoms with Crippen molar-refractivity contribution < 1.29 is 5.11 Å². The molecule has 0 aliphatic heterocycles. The SMILES string of the molecule is Cc1ccc(O)c(-c2c[nH]c(=O)n(C)c2=O)n1. The summed E-state index contributed by atoms with van der Waals surface area (Å²) in [5, 5.41) is 9.67. The number of aryl methyl sites for hydroxylation is 1. The topological polar surface area (TPSA) is 88.0 Å². The van der Waals surface area contributed by atoms with Crippen LogP contribution in [-0.4, -0.2) is 19.6 Å². The van der Waals surface area contributed by atoms with E-state index in [1.54, 1.807) is 13.0 Å². The lowest BCUT2D eigenvalue weighted by atomic mass is 10.2. The molecular weight excluding hydrogens is 222 g/mol. The van der Waals surface area contributed by atoms with E-state index in [0.29, 0.717) is 5.69 Å². The van der Waals surface area contributed by atoms with Crippen LogP contribution in [-0.2, 0) is 7.05 Å². The Labute approximate surface area is 96.2 Å². The van der Waals surface area contributed by atoms with E-state index in [9.17, 15) is 14.7 Å². The lowest BCUT2D eigenvalue weighted by molar-refractivity contribution is 0.474. The molecule has 2 rings (SSSR count). The van der Waals surface area contributed by atoms with Crippen LogP contribution in [0.15, 0.2) is 27.9 Å². The molecule has 88 valence electrons. The van der Waals surface area contributed by atoms with E-state index in [0.717, 1.165) is 4.57 Å². The van der Waals surface area contributed by atoms with Crippen LogP contribution in [0.1, 0.15) is 5.69 Å². The largest absolute Gasteiger partial charge is 0.506 e. The van der Waals surface area contributed by atoms with E-state index in [-0.39, 0.29) is 17.0 Å². The van der Waals surface area contributed by atoms with E-state index in [4.69, 9.17) is 0 Å². The molecule has 2 aromatic rings. The maximum Gasteiger partial charge on any atom is 0.328 e. The monoisotopic (exact) mass is 233 g/mol. The van der Waals surface area contributed by atoms with Gasteiger partial charge >= 0.3 is 5.69 Å². The zero-order valence-corrected chi connectivity index (χ0v) is 9.39. The molecular formula is C11H11N3O3. The lowest BCUT2D eigenvalue weighted by Crippen LogP contribution is -2.33. The average molecular weight is 233 g/mol. The second kappa shape index (κ2) is 3.89. The number of aromatic nitrogens is 3. The highest BCUT2D eigenvalue weighted by Crippen LogP contribution is 2.23. The lowest BCUT2D eigenvalue weighted by Gasteiger charge is -2.05. The smallest absolute Gasteiger partial charge is 0.328 e. The van der Waals surface area contributed by atoms with Crippen LogP contribution in [0.4, 0.5) is 0 Å². The summed E-state index contributed by atoms with van der Waals surface area (Å²) in [7, 11) is 1.36. The molecule has 0 fully saturated rings. The van der Waals surface area contributed by atoms with Gasteiger partial charge in [0.2, 0.25) is 0 Å². The molecule has 0 radical (unpaired) electrons. The molecule has 2 N–H and O–H groups in total. The van der Waals surface area contributed by atoms with Crippen LogP contribution < -0.4 is 11.2 Å². The van der Waals surface area contributed by atoms with Gasteiger partial charge in [-0.3, -0.25) is 9.36 Å². The summed E-state index contributed by atoms with van der Waals surface area (Å²) < 4.78 is 0.929. The molecule has 17 heavy (non-hydrogen) atoms. The highest BCUT2D eigenvalue weighted by molar-refractivity contribution is 5.64. The molecule has 0 aromatic carbocycles. The molecule has 0 unspecified atom stereocenters. The number of rotatable bonds is 1. The summed E-state index contributed by atoms with van der Waals surface area (Å²) in [6, 6.07) is 3.09. The van der Waals surface area contributed by atoms with E-state index in [1.165, 1.54) is 19.3 Å². The van der Waals surface area contributed by atoms with Crippen molar-refractivity contribution in [3.8, 4) is 17.0 Å². The molecule has 6 nitrogen and oxygen atoms in total. The van der Waals surface area contributed by atoms with Crippen LogP contribution in [0.3, 0.4) is 0 Å². The van der Waals surface area contributed by atoms with Crippen LogP contribution in [0.5, 0.6) is 5.75 Å². The molecule has 0 saturated carbocycles. The van der Waals surface area contributed by atoms with Gasteiger partial charge in [0.1, 0.15) is 11.4 Å². The first-order chi connectivity index (χ1) is 8.00. The number of nitrogens with one attached hydrogen (secondary N) is 1. The second-order valence-electron chi connectivity index (χ2n) is 3.69. The summed E-state index contributed by atoms with van der Waals surface area (Å²) in [4.78, 5) is 29.5. The van der Waals surface area contributed by atoms with Gasteiger partial charge in [-0.05, 0) is 19.1 Å². The van der Waals surface area contributed by atoms with Crippen molar-refractivity contribution in [2.75, 3.05) is 0 Å². The van der Waals surface area contributed by atoms with Crippen LogP contribution in [0, 0.1) is 6.92 Å². The van der Waals surface area contributed by atoms with Crippen LogP contribution in [0.2, 0.25) is 0 Å². The highest BCUT2D eigenvalue weighted by atomic mass is 16.3. The number of H-pyrrole nitrogens is 1. The third kappa shape index (κ3) is 1.84. The Morgan fingerprint density at radius 1 is 1.35 bits per heavy atom. The zero-order valence-electron chi connectivity index (χ0n) is 9.39. The first kappa shape index (κ1) is 11.1. The number of nitrogens with zero attached hydrogens (tertiary/aromatic N) is 2. The summed E-state index contributed by atoms with van der Waals surface area (Å²) >= 11 is 0. The Hall–Kier alpha value is -2.37. The number of aromatic amines is 1. The zero-order chi connectivity index (χ0) is 12.6. The number of pyridine rings is 1. The molecule has 6 heteroatoms. The number of hydrogen-bond acceptors (Lipinski definition) is 4. The quantitative estimate of drug-likeness (QED) is 0.733. The molecule has 2 aromatic heterocycles.